The molecular formula is C21H23NO3. The zero-order valence-corrected chi connectivity index (χ0v) is 15.3. The monoisotopic (exact) mass is 337 g/mol. The van der Waals surface area contributed by atoms with E-state index in [9.17, 15) is 4.79 Å². The van der Waals surface area contributed by atoms with Crippen molar-refractivity contribution in [2.75, 3.05) is 0 Å². The first kappa shape index (κ1) is 16.2. The van der Waals surface area contributed by atoms with Crippen molar-refractivity contribution in [2.24, 2.45) is 0 Å². The molecule has 2 aromatic carbocycles. The molecule has 0 radical (unpaired) electrons. The van der Waals surface area contributed by atoms with Gasteiger partial charge in [0.15, 0.2) is 0 Å². The number of ether oxygens (including phenoxy) is 1. The zero-order chi connectivity index (χ0) is 18.0. The summed E-state index contributed by atoms with van der Waals surface area (Å²) in [6.07, 6.45) is -0.467. The summed E-state index contributed by atoms with van der Waals surface area (Å²) in [7, 11) is 0. The molecule has 1 amide bonds. The second-order valence-corrected chi connectivity index (χ2v) is 8.06. The molecule has 25 heavy (non-hydrogen) atoms. The van der Waals surface area contributed by atoms with Crippen LogP contribution in [0.1, 0.15) is 56.9 Å². The van der Waals surface area contributed by atoms with Gasteiger partial charge in [-0.2, -0.15) is 5.06 Å². The summed E-state index contributed by atoms with van der Waals surface area (Å²) in [5.41, 5.74) is 2.30. The Labute approximate surface area is 148 Å². The summed E-state index contributed by atoms with van der Waals surface area (Å²) in [6.45, 7) is 9.62. The number of nitrogens with zero attached hydrogens (tertiary/aromatic N) is 1. The van der Waals surface area contributed by atoms with Crippen LogP contribution in [0, 0.1) is 0 Å². The minimum Gasteiger partial charge on any atom is -0.442 e. The van der Waals surface area contributed by atoms with Crippen molar-refractivity contribution in [1.29, 1.82) is 0 Å². The highest BCUT2D eigenvalue weighted by Crippen LogP contribution is 2.57. The third-order valence-corrected chi connectivity index (χ3v) is 5.17. The molecule has 4 nitrogen and oxygen atoms in total. The molecule has 0 atom stereocenters. The molecule has 0 unspecified atom stereocenters. The molecule has 2 aromatic rings. The highest BCUT2D eigenvalue weighted by atomic mass is 16.8. The van der Waals surface area contributed by atoms with Gasteiger partial charge >= 0.3 is 6.09 Å². The number of carbonyl (C=O) groups is 1. The fourth-order valence-electron chi connectivity index (χ4n) is 4.05. The first-order valence-electron chi connectivity index (χ1n) is 8.60. The third kappa shape index (κ3) is 2.07. The lowest BCUT2D eigenvalue weighted by atomic mass is 9.65. The van der Waals surface area contributed by atoms with E-state index in [4.69, 9.17) is 9.57 Å². The van der Waals surface area contributed by atoms with Gasteiger partial charge in [0, 0.05) is 0 Å². The topological polar surface area (TPSA) is 38.8 Å². The normalized spacial score (nSPS) is 26.8. The molecule has 0 spiro atoms. The summed E-state index contributed by atoms with van der Waals surface area (Å²) < 4.78 is 5.63. The Balaban J connectivity index is 1.95. The molecule has 5 rings (SSSR count). The smallest absolute Gasteiger partial charge is 0.435 e. The van der Waals surface area contributed by atoms with Crippen LogP contribution in [0.15, 0.2) is 48.5 Å². The Kier molecular flexibility index (Phi) is 3.14. The second kappa shape index (κ2) is 4.85. The largest absolute Gasteiger partial charge is 0.442 e. The number of hydrogen-bond acceptors (Lipinski definition) is 3. The van der Waals surface area contributed by atoms with Crippen LogP contribution in [0.4, 0.5) is 4.79 Å². The van der Waals surface area contributed by atoms with Crippen LogP contribution in [0.3, 0.4) is 0 Å². The molecule has 130 valence electrons. The maximum atomic E-state index is 12.9. The van der Waals surface area contributed by atoms with Crippen molar-refractivity contribution in [2.45, 2.75) is 51.4 Å². The Morgan fingerprint density at radius 3 is 1.80 bits per heavy atom. The molecular weight excluding hydrogens is 314 g/mol. The molecule has 2 aliphatic heterocycles. The van der Waals surface area contributed by atoms with Crippen molar-refractivity contribution in [1.82, 2.24) is 5.06 Å². The van der Waals surface area contributed by atoms with E-state index in [0.29, 0.717) is 0 Å². The van der Waals surface area contributed by atoms with E-state index in [-0.39, 0.29) is 0 Å². The molecule has 1 aliphatic carbocycles. The predicted octanol–water partition coefficient (Wildman–Crippen LogP) is 4.71. The van der Waals surface area contributed by atoms with Gasteiger partial charge in [0.2, 0.25) is 0 Å². The van der Waals surface area contributed by atoms with Crippen LogP contribution in [-0.2, 0) is 20.7 Å². The van der Waals surface area contributed by atoms with E-state index in [0.717, 1.165) is 22.3 Å². The lowest BCUT2D eigenvalue weighted by Gasteiger charge is -2.57. The molecule has 0 aromatic heterocycles. The fraction of sp³-hybridized carbons (Fsp3) is 0.381. The number of amides is 1. The SMILES string of the molecule is CC(C)(C)OC(=O)N1OC2(C)c3ccccc3C1(C)c1ccccc12. The minimum absolute atomic E-state index is 0.467. The van der Waals surface area contributed by atoms with Crippen molar-refractivity contribution < 1.29 is 14.4 Å². The third-order valence-electron chi connectivity index (χ3n) is 5.17. The number of hydroxylamine groups is 2. The number of carbonyl (C=O) groups excluding carboxylic acids is 1. The van der Waals surface area contributed by atoms with Crippen molar-refractivity contribution in [3.63, 3.8) is 0 Å². The van der Waals surface area contributed by atoms with E-state index in [2.05, 4.69) is 24.3 Å². The Hall–Kier alpha value is -2.33. The van der Waals surface area contributed by atoms with Gasteiger partial charge in [0.25, 0.3) is 0 Å². The quantitative estimate of drug-likeness (QED) is 0.699. The van der Waals surface area contributed by atoms with Crippen LogP contribution in [-0.4, -0.2) is 16.8 Å². The molecule has 3 aliphatic rings. The van der Waals surface area contributed by atoms with Gasteiger partial charge in [-0.3, -0.25) is 4.84 Å². The summed E-state index contributed by atoms with van der Waals surface area (Å²) >= 11 is 0. The molecule has 2 bridgehead atoms. The standard InChI is InChI=1S/C21H23NO3/c1-19(2,3)24-18(23)22-20(4)14-10-6-8-12-16(14)21(5,25-22)17-13-9-7-11-15(17)20/h6-13H,1-5H3. The van der Waals surface area contributed by atoms with Crippen molar-refractivity contribution in [3.05, 3.63) is 70.8 Å². The highest BCUT2D eigenvalue weighted by Gasteiger charge is 2.59. The zero-order valence-electron chi connectivity index (χ0n) is 15.3. The van der Waals surface area contributed by atoms with Gasteiger partial charge in [-0.05, 0) is 56.9 Å². The highest BCUT2D eigenvalue weighted by molar-refractivity contribution is 5.73. The Morgan fingerprint density at radius 1 is 0.920 bits per heavy atom. The van der Waals surface area contributed by atoms with Gasteiger partial charge in [-0.25, -0.2) is 4.79 Å². The number of rotatable bonds is 0. The van der Waals surface area contributed by atoms with Crippen LogP contribution < -0.4 is 0 Å². The van der Waals surface area contributed by atoms with Crippen LogP contribution in [0.5, 0.6) is 0 Å². The van der Waals surface area contributed by atoms with E-state index < -0.39 is 22.8 Å². The number of fused-ring (bicyclic) bond motifs is 1. The maximum absolute atomic E-state index is 12.9. The van der Waals surface area contributed by atoms with Gasteiger partial charge in [0.1, 0.15) is 16.7 Å². The molecule has 2 heterocycles. The fourth-order valence-corrected chi connectivity index (χ4v) is 4.05. The van der Waals surface area contributed by atoms with E-state index in [1.807, 2.05) is 58.9 Å². The second-order valence-electron chi connectivity index (χ2n) is 8.06. The average molecular weight is 337 g/mol. The Morgan fingerprint density at radius 2 is 1.36 bits per heavy atom. The van der Waals surface area contributed by atoms with Gasteiger partial charge in [-0.15, -0.1) is 0 Å². The maximum Gasteiger partial charge on any atom is 0.435 e. The first-order valence-corrected chi connectivity index (χ1v) is 8.60. The molecule has 0 saturated carbocycles. The van der Waals surface area contributed by atoms with E-state index in [1.165, 1.54) is 5.06 Å². The summed E-state index contributed by atoms with van der Waals surface area (Å²) in [6, 6.07) is 16.3. The molecule has 0 N–H and O–H groups in total. The van der Waals surface area contributed by atoms with E-state index >= 15 is 0 Å². The number of hydrogen-bond donors (Lipinski definition) is 0. The lowest BCUT2D eigenvalue weighted by molar-refractivity contribution is -0.275. The first-order chi connectivity index (χ1) is 11.7. The molecule has 0 fully saturated rings. The summed E-state index contributed by atoms with van der Waals surface area (Å²) in [5, 5.41) is 1.42. The summed E-state index contributed by atoms with van der Waals surface area (Å²) in [4.78, 5) is 19.2. The predicted molar refractivity (Wildman–Crippen MR) is 95.0 cm³/mol. The van der Waals surface area contributed by atoms with Crippen molar-refractivity contribution >= 4 is 6.09 Å². The molecule has 0 saturated heterocycles. The van der Waals surface area contributed by atoms with Crippen LogP contribution in [0.2, 0.25) is 0 Å². The Bertz CT molecular complexity index is 818. The molecule has 4 heteroatoms. The van der Waals surface area contributed by atoms with E-state index in [1.54, 1.807) is 0 Å². The van der Waals surface area contributed by atoms with Gasteiger partial charge in [0.05, 0.1) is 0 Å². The average Bonchev–Trinajstić information content (AvgIpc) is 2.56. The minimum atomic E-state index is -0.729. The van der Waals surface area contributed by atoms with Crippen LogP contribution in [0.25, 0.3) is 0 Å². The lowest BCUT2D eigenvalue weighted by Crippen LogP contribution is -2.62. The van der Waals surface area contributed by atoms with Crippen molar-refractivity contribution in [3.8, 4) is 0 Å². The van der Waals surface area contributed by atoms with Gasteiger partial charge < -0.3 is 4.74 Å². The number of benzene rings is 2. The summed E-state index contributed by atoms with van der Waals surface area (Å²) in [5.74, 6) is 0. The van der Waals surface area contributed by atoms with Gasteiger partial charge in [-0.1, -0.05) is 48.5 Å². The van der Waals surface area contributed by atoms with Crippen LogP contribution >= 0.6 is 0 Å².